The first kappa shape index (κ1) is 15.2. The summed E-state index contributed by atoms with van der Waals surface area (Å²) in [6, 6.07) is 1.11. The quantitative estimate of drug-likeness (QED) is 0.454. The number of fused-ring (bicyclic) bond motifs is 2. The number of nitrogens with two attached hydrogens (primary N) is 1. The van der Waals surface area contributed by atoms with Gasteiger partial charge in [-0.2, -0.15) is 0 Å². The van der Waals surface area contributed by atoms with Gasteiger partial charge in [0.15, 0.2) is 18.6 Å². The molecule has 24 heavy (non-hydrogen) atoms. The number of aliphatic carboxylic acids is 1. The third-order valence-corrected chi connectivity index (χ3v) is 5.81. The lowest BCUT2D eigenvalue weighted by Crippen LogP contribution is -2.69. The molecular weight excluding hydrogens is 334 g/mol. The van der Waals surface area contributed by atoms with Crippen molar-refractivity contribution in [2.75, 3.05) is 11.1 Å². The minimum atomic E-state index is -1.37. The van der Waals surface area contributed by atoms with Gasteiger partial charge >= 0.3 is 0 Å². The largest absolute Gasteiger partial charge is 0.543 e. The highest BCUT2D eigenvalue weighted by Crippen LogP contribution is 2.39. The summed E-state index contributed by atoms with van der Waals surface area (Å²) in [4.78, 5) is 36.2. The minimum Gasteiger partial charge on any atom is -0.543 e. The molecule has 1 fully saturated rings. The fraction of sp³-hybridized carbons (Fsp3) is 0.429. The summed E-state index contributed by atoms with van der Waals surface area (Å²) >= 11 is 1.45. The molecule has 4 rings (SSSR count). The van der Waals surface area contributed by atoms with Crippen molar-refractivity contribution < 1.29 is 24.2 Å². The van der Waals surface area contributed by atoms with Crippen LogP contribution in [0.3, 0.4) is 0 Å². The predicted molar refractivity (Wildman–Crippen MR) is 81.0 cm³/mol. The molecule has 2 amide bonds. The third-order valence-electron chi connectivity index (χ3n) is 4.45. The van der Waals surface area contributed by atoms with Crippen molar-refractivity contribution in [3.8, 4) is 0 Å². The second kappa shape index (κ2) is 5.35. The number of nitrogens with zero attached hydrogens (tertiary/aromatic N) is 3. The first-order valence-corrected chi connectivity index (χ1v) is 8.55. The number of carboxylic acid groups (broad SMARTS) is 1. The van der Waals surface area contributed by atoms with Crippen LogP contribution in [-0.2, 0) is 27.5 Å². The maximum atomic E-state index is 11.9. The molecule has 2 atom stereocenters. The number of nitrogens with one attached hydrogen (secondary N) is 1. The average Bonchev–Trinajstić information content (AvgIpc) is 2.95. The SMILES string of the molecule is N[C@@H]1C(=O)N2C(C(=O)[O-])=C(C[n+]3ccc4n3CCC(=O)N4)CS[C@H]12. The number of hydrogen-bond donors (Lipinski definition) is 2. The fourth-order valence-corrected chi connectivity index (χ4v) is 4.54. The maximum absolute atomic E-state index is 11.9. The molecule has 0 unspecified atom stereocenters. The fourth-order valence-electron chi connectivity index (χ4n) is 3.25. The number of rotatable bonds is 3. The van der Waals surface area contributed by atoms with Gasteiger partial charge in [0.1, 0.15) is 11.4 Å². The Bertz CT molecular complexity index is 801. The Kier molecular flexibility index (Phi) is 3.39. The molecule has 10 heteroatoms. The number of anilines is 1. The van der Waals surface area contributed by atoms with E-state index in [1.54, 1.807) is 12.3 Å². The molecule has 1 saturated heterocycles. The minimum absolute atomic E-state index is 0.0429. The Morgan fingerprint density at radius 3 is 3.04 bits per heavy atom. The summed E-state index contributed by atoms with van der Waals surface area (Å²) in [7, 11) is 0. The van der Waals surface area contributed by atoms with Gasteiger partial charge in [0, 0.05) is 11.3 Å². The van der Waals surface area contributed by atoms with E-state index in [0.717, 1.165) is 0 Å². The predicted octanol–water partition coefficient (Wildman–Crippen LogP) is -2.64. The van der Waals surface area contributed by atoms with E-state index in [4.69, 9.17) is 5.73 Å². The topological polar surface area (TPSA) is 124 Å². The van der Waals surface area contributed by atoms with E-state index in [-0.39, 0.29) is 17.0 Å². The summed E-state index contributed by atoms with van der Waals surface area (Å²) in [6.45, 7) is 0.823. The van der Waals surface area contributed by atoms with Gasteiger partial charge in [0.2, 0.25) is 11.8 Å². The van der Waals surface area contributed by atoms with Crippen molar-refractivity contribution in [1.82, 2.24) is 9.58 Å². The third kappa shape index (κ3) is 2.13. The number of β-lactam (4-membered cyclic amide) rings is 1. The summed E-state index contributed by atoms with van der Waals surface area (Å²) in [5.74, 6) is -0.664. The van der Waals surface area contributed by atoms with Gasteiger partial charge in [-0.1, -0.05) is 0 Å². The van der Waals surface area contributed by atoms with E-state index < -0.39 is 17.9 Å². The van der Waals surface area contributed by atoms with Crippen LogP contribution in [0, 0.1) is 0 Å². The lowest BCUT2D eigenvalue weighted by molar-refractivity contribution is -0.767. The average molecular weight is 349 g/mol. The standard InChI is InChI=1S/C14H15N5O4S/c15-10-12(21)19-11(14(22)23)7(6-24-13(10)19)5-17-3-1-8-16-9(20)2-4-18(8)17/h1,3,10,13H,2,4-6,15H2,(H,22,23)/t10-,13-/m1/s1. The van der Waals surface area contributed by atoms with E-state index in [9.17, 15) is 19.5 Å². The molecule has 3 aliphatic rings. The van der Waals surface area contributed by atoms with Gasteiger partial charge < -0.3 is 21.0 Å². The molecule has 0 spiro atoms. The number of carbonyl (C=O) groups is 3. The monoisotopic (exact) mass is 349 g/mol. The number of hydrogen-bond acceptors (Lipinski definition) is 6. The van der Waals surface area contributed by atoms with Crippen LogP contribution in [0.4, 0.5) is 5.82 Å². The van der Waals surface area contributed by atoms with E-state index in [1.807, 2.05) is 9.36 Å². The van der Waals surface area contributed by atoms with Crippen molar-refractivity contribution in [2.24, 2.45) is 5.73 Å². The number of amides is 2. The molecule has 3 aliphatic heterocycles. The second-order valence-corrected chi connectivity index (χ2v) is 7.00. The van der Waals surface area contributed by atoms with Crippen molar-refractivity contribution >= 4 is 35.4 Å². The van der Waals surface area contributed by atoms with Crippen LogP contribution in [0.15, 0.2) is 23.5 Å². The molecule has 3 N–H and O–H groups in total. The zero-order valence-corrected chi connectivity index (χ0v) is 13.4. The van der Waals surface area contributed by atoms with Gasteiger partial charge in [-0.3, -0.25) is 14.5 Å². The second-order valence-electron chi connectivity index (χ2n) is 5.90. The van der Waals surface area contributed by atoms with Crippen LogP contribution in [-0.4, -0.2) is 44.5 Å². The van der Waals surface area contributed by atoms with Gasteiger partial charge in [-0.15, -0.1) is 21.1 Å². The lowest BCUT2D eigenvalue weighted by Gasteiger charge is -2.49. The molecular formula is C14H15N5O4S. The van der Waals surface area contributed by atoms with Gasteiger partial charge in [-0.25, -0.2) is 0 Å². The molecule has 126 valence electrons. The number of aromatic nitrogens is 2. The Morgan fingerprint density at radius 1 is 1.50 bits per heavy atom. The van der Waals surface area contributed by atoms with Crippen LogP contribution in [0.25, 0.3) is 0 Å². The summed E-state index contributed by atoms with van der Waals surface area (Å²) in [6.07, 6.45) is 2.14. The normalized spacial score (nSPS) is 25.8. The van der Waals surface area contributed by atoms with Crippen molar-refractivity contribution in [2.45, 2.75) is 30.9 Å². The molecule has 0 aromatic carbocycles. The number of thioether (sulfide) groups is 1. The highest BCUT2D eigenvalue weighted by atomic mass is 32.2. The molecule has 1 aromatic rings. The zero-order valence-electron chi connectivity index (χ0n) is 12.6. The highest BCUT2D eigenvalue weighted by molar-refractivity contribution is 8.00. The Morgan fingerprint density at radius 2 is 2.29 bits per heavy atom. The first-order chi connectivity index (χ1) is 11.5. The summed E-state index contributed by atoms with van der Waals surface area (Å²) in [5.41, 5.74) is 6.25. The molecule has 0 saturated carbocycles. The van der Waals surface area contributed by atoms with Crippen molar-refractivity contribution in [1.29, 1.82) is 0 Å². The maximum Gasteiger partial charge on any atom is 0.248 e. The smallest absolute Gasteiger partial charge is 0.248 e. The van der Waals surface area contributed by atoms with E-state index in [0.29, 0.717) is 36.7 Å². The molecule has 4 heterocycles. The van der Waals surface area contributed by atoms with Crippen LogP contribution < -0.4 is 20.8 Å². The molecule has 1 aromatic heterocycles. The van der Waals surface area contributed by atoms with Crippen LogP contribution in [0.1, 0.15) is 6.42 Å². The molecule has 0 bridgehead atoms. The van der Waals surface area contributed by atoms with E-state index >= 15 is 0 Å². The van der Waals surface area contributed by atoms with Crippen molar-refractivity contribution in [3.63, 3.8) is 0 Å². The number of carbonyl (C=O) groups excluding carboxylic acids is 3. The summed E-state index contributed by atoms with van der Waals surface area (Å²) in [5, 5.41) is 14.0. The lowest BCUT2D eigenvalue weighted by atomic mass is 10.0. The van der Waals surface area contributed by atoms with E-state index in [2.05, 4.69) is 5.32 Å². The Balaban J connectivity index is 1.67. The molecule has 0 aliphatic carbocycles. The highest BCUT2D eigenvalue weighted by Gasteiger charge is 2.50. The number of carboxylic acids is 1. The van der Waals surface area contributed by atoms with Gasteiger partial charge in [0.05, 0.1) is 30.7 Å². The van der Waals surface area contributed by atoms with Gasteiger partial charge in [0.25, 0.3) is 0 Å². The first-order valence-electron chi connectivity index (χ1n) is 7.50. The van der Waals surface area contributed by atoms with Crippen LogP contribution in [0.5, 0.6) is 0 Å². The van der Waals surface area contributed by atoms with Crippen molar-refractivity contribution in [3.05, 3.63) is 23.5 Å². The Hall–Kier alpha value is -2.33. The summed E-state index contributed by atoms with van der Waals surface area (Å²) < 4.78 is 3.71. The van der Waals surface area contributed by atoms with Crippen LogP contribution in [0.2, 0.25) is 0 Å². The molecule has 0 radical (unpaired) electrons. The molecule has 9 nitrogen and oxygen atoms in total. The van der Waals surface area contributed by atoms with Gasteiger partial charge in [-0.05, 0) is 0 Å². The van der Waals surface area contributed by atoms with E-state index in [1.165, 1.54) is 16.7 Å². The Labute approximate surface area is 141 Å². The zero-order chi connectivity index (χ0) is 17.0. The van der Waals surface area contributed by atoms with Crippen LogP contribution >= 0.6 is 11.8 Å².